The lowest BCUT2D eigenvalue weighted by atomic mass is 10.1. The first kappa shape index (κ1) is 14.3. The summed E-state index contributed by atoms with van der Waals surface area (Å²) < 4.78 is 0. The molecule has 0 aliphatic carbocycles. The highest BCUT2D eigenvalue weighted by Gasteiger charge is 2.03. The topological polar surface area (TPSA) is 49.3 Å². The van der Waals surface area contributed by atoms with Gasteiger partial charge in [-0.2, -0.15) is 0 Å². The van der Waals surface area contributed by atoms with E-state index in [1.807, 2.05) is 41.8 Å². The fourth-order valence-corrected chi connectivity index (χ4v) is 2.39. The fraction of sp³-hybridized carbons (Fsp3) is 0.188. The largest absolute Gasteiger partial charge is 0.384 e. The van der Waals surface area contributed by atoms with Crippen LogP contribution in [-0.4, -0.2) is 17.6 Å². The van der Waals surface area contributed by atoms with Crippen molar-refractivity contribution in [1.82, 2.24) is 5.32 Å². The van der Waals surface area contributed by atoms with E-state index in [2.05, 4.69) is 17.2 Å². The van der Waals surface area contributed by atoms with Crippen molar-refractivity contribution in [3.05, 3.63) is 57.8 Å². The number of carbonyl (C=O) groups is 1. The standard InChI is InChI=1S/C16H15NO2S/c18-9-1-3-13-5-7-14(8-6-13)12-17-16(19)11-15-4-2-10-20-15/h2,4-8,10,18H,9,11-12H2,(H,17,19). The third kappa shape index (κ3) is 4.54. The molecule has 3 nitrogen and oxygen atoms in total. The van der Waals surface area contributed by atoms with E-state index in [4.69, 9.17) is 5.11 Å². The molecule has 0 atom stereocenters. The number of hydrogen-bond acceptors (Lipinski definition) is 3. The van der Waals surface area contributed by atoms with E-state index in [1.54, 1.807) is 11.3 Å². The third-order valence-electron chi connectivity index (χ3n) is 2.67. The summed E-state index contributed by atoms with van der Waals surface area (Å²) in [5.74, 6) is 5.45. The average molecular weight is 285 g/mol. The number of hydrogen-bond donors (Lipinski definition) is 2. The Labute approximate surface area is 122 Å². The molecule has 1 aromatic heterocycles. The summed E-state index contributed by atoms with van der Waals surface area (Å²) in [6, 6.07) is 11.5. The molecule has 0 radical (unpaired) electrons. The maximum Gasteiger partial charge on any atom is 0.225 e. The van der Waals surface area contributed by atoms with Crippen LogP contribution in [0.15, 0.2) is 41.8 Å². The lowest BCUT2D eigenvalue weighted by molar-refractivity contribution is -0.120. The molecule has 20 heavy (non-hydrogen) atoms. The van der Waals surface area contributed by atoms with Crippen molar-refractivity contribution in [2.24, 2.45) is 0 Å². The molecule has 0 aliphatic heterocycles. The van der Waals surface area contributed by atoms with Gasteiger partial charge in [0.05, 0.1) is 6.42 Å². The number of aliphatic hydroxyl groups excluding tert-OH is 1. The number of rotatable bonds is 4. The zero-order chi connectivity index (χ0) is 14.2. The van der Waals surface area contributed by atoms with Crippen LogP contribution in [0.5, 0.6) is 0 Å². The third-order valence-corrected chi connectivity index (χ3v) is 3.55. The van der Waals surface area contributed by atoms with Gasteiger partial charge >= 0.3 is 0 Å². The molecule has 1 heterocycles. The number of amides is 1. The maximum absolute atomic E-state index is 11.7. The molecule has 2 aromatic rings. The van der Waals surface area contributed by atoms with Crippen LogP contribution in [0.2, 0.25) is 0 Å². The van der Waals surface area contributed by atoms with Crippen molar-refractivity contribution >= 4 is 17.2 Å². The highest BCUT2D eigenvalue weighted by Crippen LogP contribution is 2.09. The molecule has 0 aliphatic rings. The molecule has 1 aromatic carbocycles. The number of aliphatic hydroxyl groups is 1. The van der Waals surface area contributed by atoms with Gasteiger partial charge in [0.2, 0.25) is 5.91 Å². The molecule has 102 valence electrons. The Kier molecular flexibility index (Phi) is 5.36. The SMILES string of the molecule is O=C(Cc1cccs1)NCc1ccc(C#CCO)cc1. The minimum atomic E-state index is -0.138. The van der Waals surface area contributed by atoms with Crippen molar-refractivity contribution < 1.29 is 9.90 Å². The first-order valence-electron chi connectivity index (χ1n) is 6.25. The van der Waals surface area contributed by atoms with Crippen LogP contribution < -0.4 is 5.32 Å². The minimum Gasteiger partial charge on any atom is -0.384 e. The Morgan fingerprint density at radius 1 is 1.25 bits per heavy atom. The van der Waals surface area contributed by atoms with Gasteiger partial charge < -0.3 is 10.4 Å². The summed E-state index contributed by atoms with van der Waals surface area (Å²) >= 11 is 1.59. The molecular formula is C16H15NO2S. The number of benzene rings is 1. The van der Waals surface area contributed by atoms with E-state index < -0.39 is 0 Å². The van der Waals surface area contributed by atoms with Gasteiger partial charge in [0, 0.05) is 17.0 Å². The Bertz CT molecular complexity index is 606. The Hall–Kier alpha value is -2.09. The second-order valence-corrected chi connectivity index (χ2v) is 5.22. The second-order valence-electron chi connectivity index (χ2n) is 4.19. The van der Waals surface area contributed by atoms with Crippen LogP contribution in [0.3, 0.4) is 0 Å². The Morgan fingerprint density at radius 3 is 2.70 bits per heavy atom. The van der Waals surface area contributed by atoms with Gasteiger partial charge in [0.25, 0.3) is 0 Å². The van der Waals surface area contributed by atoms with Gasteiger partial charge in [-0.1, -0.05) is 30.0 Å². The van der Waals surface area contributed by atoms with E-state index in [-0.39, 0.29) is 12.5 Å². The van der Waals surface area contributed by atoms with Crippen molar-refractivity contribution in [2.75, 3.05) is 6.61 Å². The first-order chi connectivity index (χ1) is 9.78. The van der Waals surface area contributed by atoms with Gasteiger partial charge in [-0.3, -0.25) is 4.79 Å². The van der Waals surface area contributed by atoms with Crippen molar-refractivity contribution in [3.8, 4) is 11.8 Å². The van der Waals surface area contributed by atoms with Crippen molar-refractivity contribution in [3.63, 3.8) is 0 Å². The molecule has 1 amide bonds. The lowest BCUT2D eigenvalue weighted by Gasteiger charge is -2.04. The summed E-state index contributed by atoms with van der Waals surface area (Å²) in [5, 5.41) is 13.5. The summed E-state index contributed by atoms with van der Waals surface area (Å²) in [6.07, 6.45) is 0.428. The maximum atomic E-state index is 11.7. The molecule has 2 N–H and O–H groups in total. The highest BCUT2D eigenvalue weighted by molar-refractivity contribution is 7.10. The zero-order valence-electron chi connectivity index (χ0n) is 10.9. The Morgan fingerprint density at radius 2 is 2.05 bits per heavy atom. The van der Waals surface area contributed by atoms with Gasteiger partial charge in [-0.15, -0.1) is 11.3 Å². The van der Waals surface area contributed by atoms with E-state index in [0.29, 0.717) is 13.0 Å². The molecule has 0 bridgehead atoms. The fourth-order valence-electron chi connectivity index (χ4n) is 1.68. The van der Waals surface area contributed by atoms with Gasteiger partial charge in [0.15, 0.2) is 0 Å². The van der Waals surface area contributed by atoms with Crippen molar-refractivity contribution in [1.29, 1.82) is 0 Å². The van der Waals surface area contributed by atoms with Crippen LogP contribution in [0.1, 0.15) is 16.0 Å². The number of thiophene rings is 1. The van der Waals surface area contributed by atoms with Gasteiger partial charge in [-0.05, 0) is 29.1 Å². The van der Waals surface area contributed by atoms with Crippen LogP contribution >= 0.6 is 11.3 Å². The van der Waals surface area contributed by atoms with Crippen LogP contribution in [0, 0.1) is 11.8 Å². The summed E-state index contributed by atoms with van der Waals surface area (Å²) in [5.41, 5.74) is 1.88. The molecule has 0 unspecified atom stereocenters. The monoisotopic (exact) mass is 285 g/mol. The molecule has 0 saturated carbocycles. The van der Waals surface area contributed by atoms with Gasteiger partial charge in [0.1, 0.15) is 6.61 Å². The summed E-state index contributed by atoms with van der Waals surface area (Å²) in [7, 11) is 0. The lowest BCUT2D eigenvalue weighted by Crippen LogP contribution is -2.24. The first-order valence-corrected chi connectivity index (χ1v) is 7.13. The number of nitrogens with one attached hydrogen (secondary N) is 1. The van der Waals surface area contributed by atoms with Crippen molar-refractivity contribution in [2.45, 2.75) is 13.0 Å². The quantitative estimate of drug-likeness (QED) is 0.844. The second kappa shape index (κ2) is 7.49. The van der Waals surface area contributed by atoms with E-state index in [1.165, 1.54) is 0 Å². The molecule has 0 fully saturated rings. The average Bonchev–Trinajstić information content (AvgIpc) is 2.97. The molecule has 2 rings (SSSR count). The van der Waals surface area contributed by atoms with E-state index >= 15 is 0 Å². The van der Waals surface area contributed by atoms with Crippen LogP contribution in [-0.2, 0) is 17.8 Å². The normalized spacial score (nSPS) is 9.65. The molecule has 4 heteroatoms. The Balaban J connectivity index is 1.83. The molecule has 0 spiro atoms. The zero-order valence-corrected chi connectivity index (χ0v) is 11.7. The highest BCUT2D eigenvalue weighted by atomic mass is 32.1. The molecule has 0 saturated heterocycles. The van der Waals surface area contributed by atoms with E-state index in [0.717, 1.165) is 16.0 Å². The predicted molar refractivity (Wildman–Crippen MR) is 80.3 cm³/mol. The smallest absolute Gasteiger partial charge is 0.225 e. The van der Waals surface area contributed by atoms with Crippen LogP contribution in [0.25, 0.3) is 0 Å². The minimum absolute atomic E-state index is 0.0246. The summed E-state index contributed by atoms with van der Waals surface area (Å²) in [6.45, 7) is 0.373. The van der Waals surface area contributed by atoms with Crippen LogP contribution in [0.4, 0.5) is 0 Å². The summed E-state index contributed by atoms with van der Waals surface area (Å²) in [4.78, 5) is 12.8. The van der Waals surface area contributed by atoms with Gasteiger partial charge in [-0.25, -0.2) is 0 Å². The predicted octanol–water partition coefficient (Wildman–Crippen LogP) is 1.95. The molecular weight excluding hydrogens is 270 g/mol. The number of carbonyl (C=O) groups excluding carboxylic acids is 1. The van der Waals surface area contributed by atoms with E-state index in [9.17, 15) is 4.79 Å².